The van der Waals surface area contributed by atoms with Gasteiger partial charge in [-0.15, -0.1) is 0 Å². The Kier molecular flexibility index (Phi) is 1.59. The fourth-order valence-electron chi connectivity index (χ4n) is 2.01. The number of rotatable bonds is 1. The smallest absolute Gasteiger partial charge is 0.160 e. The first-order valence-corrected chi connectivity index (χ1v) is 4.94. The lowest BCUT2D eigenvalue weighted by atomic mass is 9.89. The average Bonchev–Trinajstić information content (AvgIpc) is 2.60. The van der Waals surface area contributed by atoms with E-state index in [-0.39, 0.29) is 0 Å². The third-order valence-electron chi connectivity index (χ3n) is 3.02. The molecule has 1 N–H and O–H groups in total. The van der Waals surface area contributed by atoms with Gasteiger partial charge in [-0.3, -0.25) is 0 Å². The van der Waals surface area contributed by atoms with Crippen LogP contribution >= 0.6 is 0 Å². The fourth-order valence-corrected chi connectivity index (χ4v) is 2.01. The predicted octanol–water partition coefficient (Wildman–Crippen LogP) is 1.39. The first kappa shape index (κ1) is 8.24. The summed E-state index contributed by atoms with van der Waals surface area (Å²) >= 11 is 0. The Morgan fingerprint density at radius 1 is 1.36 bits per heavy atom. The summed E-state index contributed by atoms with van der Waals surface area (Å²) in [5.41, 5.74) is 0.796. The molecule has 0 bridgehead atoms. The summed E-state index contributed by atoms with van der Waals surface area (Å²) in [4.78, 5) is 0. The molecule has 0 spiro atoms. The van der Waals surface area contributed by atoms with Crippen LogP contribution in [-0.2, 0) is 12.1 Å². The van der Waals surface area contributed by atoms with E-state index >= 15 is 0 Å². The second kappa shape index (κ2) is 2.70. The highest BCUT2D eigenvalue weighted by Crippen LogP contribution is 2.34. The summed E-state index contributed by atoms with van der Waals surface area (Å²) in [6.07, 6.45) is 0.909. The molecule has 0 amide bonds. The maximum atomic E-state index is 14.0. The van der Waals surface area contributed by atoms with Gasteiger partial charge in [0.1, 0.15) is 5.75 Å². The van der Waals surface area contributed by atoms with E-state index in [9.17, 15) is 4.39 Å². The minimum Gasteiger partial charge on any atom is -0.493 e. The topological polar surface area (TPSA) is 21.3 Å². The minimum absolute atomic E-state index is 0.437. The minimum atomic E-state index is -1.14. The Hall–Kier alpha value is -1.09. The molecular weight excluding hydrogens is 181 g/mol. The van der Waals surface area contributed by atoms with Crippen LogP contribution in [0, 0.1) is 0 Å². The number of hydrogen-bond acceptors (Lipinski definition) is 2. The molecule has 1 fully saturated rings. The van der Waals surface area contributed by atoms with E-state index in [0.717, 1.165) is 29.9 Å². The number of ether oxygens (including phenoxy) is 1. The van der Waals surface area contributed by atoms with Crippen molar-refractivity contribution in [3.05, 3.63) is 29.3 Å². The van der Waals surface area contributed by atoms with Gasteiger partial charge in [0, 0.05) is 19.5 Å². The van der Waals surface area contributed by atoms with Crippen molar-refractivity contribution in [1.82, 2.24) is 5.32 Å². The molecule has 74 valence electrons. The first-order valence-electron chi connectivity index (χ1n) is 4.94. The number of hydrogen-bond donors (Lipinski definition) is 1. The molecule has 0 saturated carbocycles. The Morgan fingerprint density at radius 2 is 2.21 bits per heavy atom. The summed E-state index contributed by atoms with van der Waals surface area (Å²) in [7, 11) is 0. The van der Waals surface area contributed by atoms with E-state index in [1.165, 1.54) is 0 Å². The molecule has 0 aromatic heterocycles. The molecule has 2 nitrogen and oxygen atoms in total. The average molecular weight is 193 g/mol. The zero-order chi connectivity index (χ0) is 9.60. The van der Waals surface area contributed by atoms with E-state index in [1.54, 1.807) is 0 Å². The molecule has 0 aliphatic carbocycles. The molecule has 3 rings (SSSR count). The molecule has 14 heavy (non-hydrogen) atoms. The van der Waals surface area contributed by atoms with Crippen molar-refractivity contribution >= 4 is 0 Å². The van der Waals surface area contributed by atoms with E-state index in [2.05, 4.69) is 5.32 Å². The van der Waals surface area contributed by atoms with E-state index in [0.29, 0.717) is 13.1 Å². The molecule has 2 aliphatic heterocycles. The van der Waals surface area contributed by atoms with Crippen molar-refractivity contribution in [3.8, 4) is 5.75 Å². The van der Waals surface area contributed by atoms with Crippen molar-refractivity contribution < 1.29 is 9.13 Å². The fraction of sp³-hybridized carbons (Fsp3) is 0.455. The molecule has 2 aliphatic rings. The first-order chi connectivity index (χ1) is 6.78. The third kappa shape index (κ3) is 1.05. The second-order valence-electron chi connectivity index (χ2n) is 3.99. The number of nitrogens with one attached hydrogen (secondary N) is 1. The Bertz CT molecular complexity index is 374. The molecular formula is C11H12FNO. The lowest BCUT2D eigenvalue weighted by Gasteiger charge is -2.35. The van der Waals surface area contributed by atoms with Crippen molar-refractivity contribution in [2.45, 2.75) is 12.1 Å². The summed E-state index contributed by atoms with van der Waals surface area (Å²) in [5, 5.41) is 2.96. The maximum Gasteiger partial charge on any atom is 0.160 e. The SMILES string of the molecule is FC1(c2ccc3c(c2)CCO3)CNC1. The van der Waals surface area contributed by atoms with Crippen LogP contribution in [0.3, 0.4) is 0 Å². The van der Waals surface area contributed by atoms with Gasteiger partial charge in [0.2, 0.25) is 0 Å². The van der Waals surface area contributed by atoms with Gasteiger partial charge in [0.15, 0.2) is 5.67 Å². The highest BCUT2D eigenvalue weighted by molar-refractivity contribution is 5.42. The zero-order valence-electron chi connectivity index (χ0n) is 7.85. The lowest BCUT2D eigenvalue weighted by molar-refractivity contribution is 0.0891. The van der Waals surface area contributed by atoms with E-state index < -0.39 is 5.67 Å². The van der Waals surface area contributed by atoms with Crippen molar-refractivity contribution in [1.29, 1.82) is 0 Å². The van der Waals surface area contributed by atoms with E-state index in [1.807, 2.05) is 18.2 Å². The monoisotopic (exact) mass is 193 g/mol. The van der Waals surface area contributed by atoms with Crippen molar-refractivity contribution in [3.63, 3.8) is 0 Å². The van der Waals surface area contributed by atoms with Gasteiger partial charge in [-0.05, 0) is 23.3 Å². The second-order valence-corrected chi connectivity index (χ2v) is 3.99. The van der Waals surface area contributed by atoms with Gasteiger partial charge in [0.25, 0.3) is 0 Å². The predicted molar refractivity (Wildman–Crippen MR) is 51.3 cm³/mol. The summed E-state index contributed by atoms with van der Waals surface area (Å²) in [6, 6.07) is 5.67. The van der Waals surface area contributed by atoms with Gasteiger partial charge < -0.3 is 10.1 Å². The summed E-state index contributed by atoms with van der Waals surface area (Å²) in [5.74, 6) is 0.921. The molecule has 1 aromatic carbocycles. The Balaban J connectivity index is 2.00. The van der Waals surface area contributed by atoms with Crippen LogP contribution in [-0.4, -0.2) is 19.7 Å². The number of alkyl halides is 1. The van der Waals surface area contributed by atoms with Crippen molar-refractivity contribution in [2.24, 2.45) is 0 Å². The normalized spacial score (nSPS) is 22.4. The highest BCUT2D eigenvalue weighted by Gasteiger charge is 2.39. The van der Waals surface area contributed by atoms with E-state index in [4.69, 9.17) is 4.74 Å². The van der Waals surface area contributed by atoms with Gasteiger partial charge in [0.05, 0.1) is 6.61 Å². The molecule has 0 unspecified atom stereocenters. The van der Waals surface area contributed by atoms with Crippen LogP contribution < -0.4 is 10.1 Å². The summed E-state index contributed by atoms with van der Waals surface area (Å²) < 4.78 is 19.4. The molecule has 1 aromatic rings. The largest absolute Gasteiger partial charge is 0.493 e. The molecule has 2 heterocycles. The standard InChI is InChI=1S/C11H12FNO/c12-11(6-13-7-11)9-1-2-10-8(5-9)3-4-14-10/h1-2,5,13H,3-4,6-7H2. The van der Waals surface area contributed by atoms with Gasteiger partial charge >= 0.3 is 0 Å². The maximum absolute atomic E-state index is 14.0. The molecule has 0 radical (unpaired) electrons. The Labute approximate surface area is 82.1 Å². The molecule has 1 saturated heterocycles. The van der Waals surface area contributed by atoms with Crippen molar-refractivity contribution in [2.75, 3.05) is 19.7 Å². The van der Waals surface area contributed by atoms with Crippen LogP contribution in [0.4, 0.5) is 4.39 Å². The number of fused-ring (bicyclic) bond motifs is 1. The van der Waals surface area contributed by atoms with Crippen LogP contribution in [0.15, 0.2) is 18.2 Å². The Morgan fingerprint density at radius 3 is 2.93 bits per heavy atom. The molecule has 3 heteroatoms. The number of benzene rings is 1. The summed E-state index contributed by atoms with van der Waals surface area (Å²) in [6.45, 7) is 1.61. The van der Waals surface area contributed by atoms with Crippen LogP contribution in [0.2, 0.25) is 0 Å². The van der Waals surface area contributed by atoms with Gasteiger partial charge in [-0.2, -0.15) is 0 Å². The van der Waals surface area contributed by atoms with Gasteiger partial charge in [-0.25, -0.2) is 4.39 Å². The van der Waals surface area contributed by atoms with Crippen LogP contribution in [0.25, 0.3) is 0 Å². The van der Waals surface area contributed by atoms with Crippen LogP contribution in [0.1, 0.15) is 11.1 Å². The number of halogens is 1. The zero-order valence-corrected chi connectivity index (χ0v) is 7.85. The molecule has 0 atom stereocenters. The lowest BCUT2D eigenvalue weighted by Crippen LogP contribution is -2.53. The van der Waals surface area contributed by atoms with Gasteiger partial charge in [-0.1, -0.05) is 6.07 Å². The highest BCUT2D eigenvalue weighted by atomic mass is 19.1. The quantitative estimate of drug-likeness (QED) is 0.727. The van der Waals surface area contributed by atoms with Crippen LogP contribution in [0.5, 0.6) is 5.75 Å². The third-order valence-corrected chi connectivity index (χ3v) is 3.02.